The number of rotatable bonds is 8. The molecule has 0 N–H and O–H groups in total. The van der Waals surface area contributed by atoms with Crippen LogP contribution in [0.25, 0.3) is 12.2 Å². The second kappa shape index (κ2) is 9.70. The van der Waals surface area contributed by atoms with Crippen LogP contribution in [-0.4, -0.2) is 20.0 Å². The summed E-state index contributed by atoms with van der Waals surface area (Å²) in [7, 11) is 0. The van der Waals surface area contributed by atoms with Crippen molar-refractivity contribution in [3.63, 3.8) is 0 Å². The Morgan fingerprint density at radius 2 is 1.05 bits per heavy atom. The normalized spacial score (nSPS) is 11.4. The minimum absolute atomic E-state index is 0.304. The van der Waals surface area contributed by atoms with Gasteiger partial charge in [-0.2, -0.15) is 0 Å². The maximum absolute atomic E-state index is 5.36. The minimum atomic E-state index is 0.304. The molecule has 0 spiro atoms. The SMILES string of the molecule is C(=C\c1ccccc1)/COCOC/C=C/c1ccccc1. The Morgan fingerprint density at radius 1 is 0.619 bits per heavy atom. The fraction of sp³-hybridized carbons (Fsp3) is 0.158. The Kier molecular flexibility index (Phi) is 7.03. The highest BCUT2D eigenvalue weighted by Crippen LogP contribution is 2.01. The van der Waals surface area contributed by atoms with Crippen LogP contribution >= 0.6 is 0 Å². The zero-order chi connectivity index (χ0) is 14.6. The van der Waals surface area contributed by atoms with Crippen LogP contribution in [0.4, 0.5) is 0 Å². The average Bonchev–Trinajstić information content (AvgIpc) is 2.55. The van der Waals surface area contributed by atoms with E-state index in [1.165, 1.54) is 11.1 Å². The van der Waals surface area contributed by atoms with Gasteiger partial charge in [-0.15, -0.1) is 0 Å². The zero-order valence-corrected chi connectivity index (χ0v) is 12.0. The van der Waals surface area contributed by atoms with E-state index in [-0.39, 0.29) is 0 Å². The van der Waals surface area contributed by atoms with Crippen LogP contribution in [-0.2, 0) is 9.47 Å². The van der Waals surface area contributed by atoms with Gasteiger partial charge in [-0.25, -0.2) is 0 Å². The topological polar surface area (TPSA) is 18.5 Å². The van der Waals surface area contributed by atoms with Crippen LogP contribution in [0, 0.1) is 0 Å². The molecular weight excluding hydrogens is 260 g/mol. The van der Waals surface area contributed by atoms with E-state index < -0.39 is 0 Å². The monoisotopic (exact) mass is 280 g/mol. The molecule has 108 valence electrons. The Hall–Kier alpha value is -2.16. The van der Waals surface area contributed by atoms with E-state index in [0.717, 1.165) is 0 Å². The molecule has 2 aromatic carbocycles. The Bertz CT molecular complexity index is 493. The molecule has 2 nitrogen and oxygen atoms in total. The zero-order valence-electron chi connectivity index (χ0n) is 12.0. The van der Waals surface area contributed by atoms with E-state index in [9.17, 15) is 0 Å². The third kappa shape index (κ3) is 6.70. The van der Waals surface area contributed by atoms with Gasteiger partial charge in [-0.05, 0) is 11.1 Å². The highest BCUT2D eigenvalue weighted by Gasteiger charge is 1.86. The van der Waals surface area contributed by atoms with Crippen LogP contribution in [0.1, 0.15) is 11.1 Å². The van der Waals surface area contributed by atoms with E-state index in [1.807, 2.05) is 60.7 Å². The number of hydrogen-bond acceptors (Lipinski definition) is 2. The van der Waals surface area contributed by atoms with Gasteiger partial charge in [-0.1, -0.05) is 85.0 Å². The molecule has 2 rings (SSSR count). The molecule has 0 atom stereocenters. The first-order valence-electron chi connectivity index (χ1n) is 7.04. The van der Waals surface area contributed by atoms with Crippen molar-refractivity contribution >= 4 is 12.2 Å². The van der Waals surface area contributed by atoms with Crippen molar-refractivity contribution in [3.8, 4) is 0 Å². The van der Waals surface area contributed by atoms with Crippen LogP contribution in [0.2, 0.25) is 0 Å². The van der Waals surface area contributed by atoms with Gasteiger partial charge in [-0.3, -0.25) is 0 Å². The summed E-state index contributed by atoms with van der Waals surface area (Å²) < 4.78 is 10.7. The second-order valence-corrected chi connectivity index (χ2v) is 4.49. The molecule has 0 aliphatic heterocycles. The van der Waals surface area contributed by atoms with Crippen LogP contribution in [0.3, 0.4) is 0 Å². The lowest BCUT2D eigenvalue weighted by Crippen LogP contribution is -1.99. The summed E-state index contributed by atoms with van der Waals surface area (Å²) in [5.74, 6) is 0. The molecule has 0 amide bonds. The van der Waals surface area contributed by atoms with Crippen LogP contribution < -0.4 is 0 Å². The average molecular weight is 280 g/mol. The first-order valence-corrected chi connectivity index (χ1v) is 7.04. The Balaban J connectivity index is 1.52. The largest absolute Gasteiger partial charge is 0.351 e. The molecule has 0 unspecified atom stereocenters. The quantitative estimate of drug-likeness (QED) is 0.527. The molecule has 0 aliphatic rings. The predicted octanol–water partition coefficient (Wildman–Crippen LogP) is 4.40. The Morgan fingerprint density at radius 3 is 1.48 bits per heavy atom. The molecule has 0 saturated carbocycles. The fourth-order valence-electron chi connectivity index (χ4n) is 1.79. The van der Waals surface area contributed by atoms with E-state index in [2.05, 4.69) is 24.3 Å². The molecule has 2 heteroatoms. The van der Waals surface area contributed by atoms with Gasteiger partial charge in [0.1, 0.15) is 6.79 Å². The smallest absolute Gasteiger partial charge is 0.147 e. The Labute approximate surface area is 126 Å². The molecule has 21 heavy (non-hydrogen) atoms. The first kappa shape index (κ1) is 15.2. The lowest BCUT2D eigenvalue weighted by molar-refractivity contribution is -0.0328. The summed E-state index contributed by atoms with van der Waals surface area (Å²) in [4.78, 5) is 0. The standard InChI is InChI=1S/C19H20O2/c1-3-9-18(10-4-1)13-7-15-20-17-21-16-8-14-19-11-5-2-6-12-19/h1-14H,15-17H2/b13-7+,14-8+. The second-order valence-electron chi connectivity index (χ2n) is 4.49. The fourth-order valence-corrected chi connectivity index (χ4v) is 1.79. The van der Waals surface area contributed by atoms with Gasteiger partial charge in [0.05, 0.1) is 13.2 Å². The molecule has 0 fully saturated rings. The van der Waals surface area contributed by atoms with E-state index in [4.69, 9.17) is 9.47 Å². The lowest BCUT2D eigenvalue weighted by Gasteiger charge is -2.00. The summed E-state index contributed by atoms with van der Waals surface area (Å²) >= 11 is 0. The summed E-state index contributed by atoms with van der Waals surface area (Å²) in [6, 6.07) is 20.3. The van der Waals surface area contributed by atoms with Crippen LogP contribution in [0.5, 0.6) is 0 Å². The third-order valence-electron chi connectivity index (χ3n) is 2.81. The van der Waals surface area contributed by atoms with E-state index in [0.29, 0.717) is 20.0 Å². The summed E-state index contributed by atoms with van der Waals surface area (Å²) in [6.07, 6.45) is 8.04. The lowest BCUT2D eigenvalue weighted by atomic mass is 10.2. The minimum Gasteiger partial charge on any atom is -0.351 e. The van der Waals surface area contributed by atoms with Crippen molar-refractivity contribution < 1.29 is 9.47 Å². The van der Waals surface area contributed by atoms with Gasteiger partial charge in [0.2, 0.25) is 0 Å². The van der Waals surface area contributed by atoms with Crippen molar-refractivity contribution in [2.24, 2.45) is 0 Å². The van der Waals surface area contributed by atoms with Crippen molar-refractivity contribution in [3.05, 3.63) is 83.9 Å². The van der Waals surface area contributed by atoms with Gasteiger partial charge >= 0.3 is 0 Å². The number of ether oxygens (including phenoxy) is 2. The maximum atomic E-state index is 5.36. The third-order valence-corrected chi connectivity index (χ3v) is 2.81. The molecule has 0 aliphatic carbocycles. The van der Waals surface area contributed by atoms with Gasteiger partial charge < -0.3 is 9.47 Å². The molecule has 2 aromatic rings. The van der Waals surface area contributed by atoms with Crippen molar-refractivity contribution in [2.75, 3.05) is 20.0 Å². The predicted molar refractivity (Wildman–Crippen MR) is 87.7 cm³/mol. The highest BCUT2D eigenvalue weighted by atomic mass is 16.7. The van der Waals surface area contributed by atoms with Gasteiger partial charge in [0, 0.05) is 0 Å². The van der Waals surface area contributed by atoms with E-state index in [1.54, 1.807) is 0 Å². The summed E-state index contributed by atoms with van der Waals surface area (Å²) in [5, 5.41) is 0. The first-order chi connectivity index (χ1) is 10.4. The van der Waals surface area contributed by atoms with Gasteiger partial charge in [0.25, 0.3) is 0 Å². The molecule has 0 saturated heterocycles. The van der Waals surface area contributed by atoms with Crippen molar-refractivity contribution in [2.45, 2.75) is 0 Å². The van der Waals surface area contributed by atoms with Crippen molar-refractivity contribution in [1.29, 1.82) is 0 Å². The number of hydrogen-bond donors (Lipinski definition) is 0. The molecule has 0 heterocycles. The number of benzene rings is 2. The van der Waals surface area contributed by atoms with Crippen LogP contribution in [0.15, 0.2) is 72.8 Å². The summed E-state index contributed by atoms with van der Waals surface area (Å²) in [6.45, 7) is 1.41. The van der Waals surface area contributed by atoms with Crippen molar-refractivity contribution in [1.82, 2.24) is 0 Å². The summed E-state index contributed by atoms with van der Waals surface area (Å²) in [5.41, 5.74) is 2.35. The molecule has 0 radical (unpaired) electrons. The highest BCUT2D eigenvalue weighted by molar-refractivity contribution is 5.49. The molecular formula is C19H20O2. The van der Waals surface area contributed by atoms with E-state index >= 15 is 0 Å². The molecule has 0 aromatic heterocycles. The van der Waals surface area contributed by atoms with Gasteiger partial charge in [0.15, 0.2) is 0 Å². The molecule has 0 bridgehead atoms. The maximum Gasteiger partial charge on any atom is 0.147 e.